The van der Waals surface area contributed by atoms with E-state index in [1.165, 1.54) is 5.56 Å². The Morgan fingerprint density at radius 1 is 1.16 bits per heavy atom. The molecule has 1 aromatic carbocycles. The van der Waals surface area contributed by atoms with Crippen LogP contribution < -0.4 is 4.90 Å². The number of hydrogen-bond donors (Lipinski definition) is 0. The largest absolute Gasteiger partial charge is 0.347 e. The van der Waals surface area contributed by atoms with Crippen LogP contribution in [0.15, 0.2) is 48.9 Å². The predicted molar refractivity (Wildman–Crippen MR) is 122 cm³/mol. The van der Waals surface area contributed by atoms with E-state index in [9.17, 15) is 4.79 Å². The molecule has 0 unspecified atom stereocenters. The van der Waals surface area contributed by atoms with Crippen LogP contribution in [0, 0.1) is 0 Å². The lowest BCUT2D eigenvalue weighted by Gasteiger charge is -2.36. The van der Waals surface area contributed by atoms with Crippen LogP contribution in [-0.4, -0.2) is 51.2 Å². The SMILES string of the molecule is CN(C)c1ncc(-c2cnn(C)c2)c([C@@H]2CCCCN2C(=O)CCc2ccccc2)n1. The van der Waals surface area contributed by atoms with Crippen molar-refractivity contribution in [2.24, 2.45) is 7.05 Å². The molecule has 1 aliphatic rings. The molecule has 1 saturated heterocycles. The molecule has 0 radical (unpaired) electrons. The minimum atomic E-state index is -0.0473. The molecule has 1 atom stereocenters. The Bertz CT molecular complexity index is 1030. The fourth-order valence-electron chi connectivity index (χ4n) is 4.19. The molecule has 7 heteroatoms. The lowest BCUT2D eigenvalue weighted by Crippen LogP contribution is -2.39. The number of aryl methyl sites for hydroxylation is 2. The van der Waals surface area contributed by atoms with E-state index in [1.807, 2.05) is 67.7 Å². The van der Waals surface area contributed by atoms with Crippen molar-refractivity contribution in [2.75, 3.05) is 25.5 Å². The van der Waals surface area contributed by atoms with E-state index >= 15 is 0 Å². The van der Waals surface area contributed by atoms with Gasteiger partial charge in [-0.1, -0.05) is 30.3 Å². The number of piperidine rings is 1. The summed E-state index contributed by atoms with van der Waals surface area (Å²) in [4.78, 5) is 26.7. The van der Waals surface area contributed by atoms with Crippen molar-refractivity contribution in [1.82, 2.24) is 24.6 Å². The zero-order valence-corrected chi connectivity index (χ0v) is 18.5. The number of aromatic nitrogens is 4. The third kappa shape index (κ3) is 4.76. The lowest BCUT2D eigenvalue weighted by atomic mass is 9.94. The molecule has 0 spiro atoms. The van der Waals surface area contributed by atoms with Crippen LogP contribution >= 0.6 is 0 Å². The van der Waals surface area contributed by atoms with Gasteiger partial charge in [0.05, 0.1) is 17.9 Å². The fraction of sp³-hybridized carbons (Fsp3) is 0.417. The van der Waals surface area contributed by atoms with Gasteiger partial charge in [-0.15, -0.1) is 0 Å². The number of carbonyl (C=O) groups is 1. The van der Waals surface area contributed by atoms with E-state index < -0.39 is 0 Å². The number of likely N-dealkylation sites (tertiary alicyclic amines) is 1. The maximum Gasteiger partial charge on any atom is 0.225 e. The predicted octanol–water partition coefficient (Wildman–Crippen LogP) is 3.63. The number of nitrogens with zero attached hydrogens (tertiary/aromatic N) is 6. The van der Waals surface area contributed by atoms with Crippen molar-refractivity contribution in [3.05, 3.63) is 60.2 Å². The number of carbonyl (C=O) groups excluding carboxylic acids is 1. The van der Waals surface area contributed by atoms with Gasteiger partial charge in [-0.05, 0) is 31.2 Å². The normalized spacial score (nSPS) is 16.4. The van der Waals surface area contributed by atoms with Gasteiger partial charge in [0.2, 0.25) is 11.9 Å². The second-order valence-corrected chi connectivity index (χ2v) is 8.35. The summed E-state index contributed by atoms with van der Waals surface area (Å²) >= 11 is 0. The van der Waals surface area contributed by atoms with Crippen LogP contribution in [-0.2, 0) is 18.3 Å². The van der Waals surface area contributed by atoms with E-state index in [4.69, 9.17) is 4.98 Å². The zero-order chi connectivity index (χ0) is 21.8. The Morgan fingerprint density at radius 2 is 1.97 bits per heavy atom. The molecule has 4 rings (SSSR count). The fourth-order valence-corrected chi connectivity index (χ4v) is 4.19. The van der Waals surface area contributed by atoms with Gasteiger partial charge in [0.15, 0.2) is 0 Å². The smallest absolute Gasteiger partial charge is 0.225 e. The first-order chi connectivity index (χ1) is 15.0. The average molecular weight is 419 g/mol. The summed E-state index contributed by atoms with van der Waals surface area (Å²) in [6, 6.07) is 10.2. The van der Waals surface area contributed by atoms with Crippen molar-refractivity contribution in [3.63, 3.8) is 0 Å². The van der Waals surface area contributed by atoms with Gasteiger partial charge in [-0.2, -0.15) is 5.10 Å². The molecule has 1 amide bonds. The lowest BCUT2D eigenvalue weighted by molar-refractivity contribution is -0.135. The number of hydrogen-bond acceptors (Lipinski definition) is 5. The Labute approximate surface area is 183 Å². The summed E-state index contributed by atoms with van der Waals surface area (Å²) in [5.74, 6) is 0.848. The highest BCUT2D eigenvalue weighted by Gasteiger charge is 2.31. The van der Waals surface area contributed by atoms with Crippen LogP contribution in [0.5, 0.6) is 0 Å². The number of anilines is 1. The first-order valence-electron chi connectivity index (χ1n) is 10.9. The van der Waals surface area contributed by atoms with Gasteiger partial charge >= 0.3 is 0 Å². The maximum atomic E-state index is 13.3. The second-order valence-electron chi connectivity index (χ2n) is 8.35. The summed E-state index contributed by atoms with van der Waals surface area (Å²) in [6.45, 7) is 0.770. The molecule has 0 bridgehead atoms. The van der Waals surface area contributed by atoms with Gasteiger partial charge in [0.25, 0.3) is 0 Å². The number of amides is 1. The van der Waals surface area contributed by atoms with Gasteiger partial charge in [-0.25, -0.2) is 9.97 Å². The molecule has 162 valence electrons. The summed E-state index contributed by atoms with van der Waals surface area (Å²) < 4.78 is 1.78. The van der Waals surface area contributed by atoms with Crippen molar-refractivity contribution >= 4 is 11.9 Å². The topological polar surface area (TPSA) is 67.2 Å². The Balaban J connectivity index is 1.64. The van der Waals surface area contributed by atoms with Crippen molar-refractivity contribution in [3.8, 4) is 11.1 Å². The monoisotopic (exact) mass is 418 g/mol. The summed E-state index contributed by atoms with van der Waals surface area (Å²) in [7, 11) is 5.78. The highest BCUT2D eigenvalue weighted by Crippen LogP contribution is 2.36. The summed E-state index contributed by atoms with van der Waals surface area (Å²) in [6.07, 6.45) is 9.97. The molecular weight excluding hydrogens is 388 g/mol. The average Bonchev–Trinajstić information content (AvgIpc) is 3.23. The molecule has 0 saturated carbocycles. The third-order valence-corrected chi connectivity index (χ3v) is 5.83. The molecule has 7 nitrogen and oxygen atoms in total. The highest BCUT2D eigenvalue weighted by molar-refractivity contribution is 5.78. The third-order valence-electron chi connectivity index (χ3n) is 5.83. The Hall–Kier alpha value is -3.22. The molecule has 3 aromatic rings. The number of rotatable bonds is 6. The van der Waals surface area contributed by atoms with Crippen LogP contribution in [0.2, 0.25) is 0 Å². The van der Waals surface area contributed by atoms with Crippen LogP contribution in [0.4, 0.5) is 5.95 Å². The first-order valence-corrected chi connectivity index (χ1v) is 10.9. The molecule has 3 heterocycles. The molecule has 0 N–H and O–H groups in total. The maximum absolute atomic E-state index is 13.3. The minimum absolute atomic E-state index is 0.0473. The second kappa shape index (κ2) is 9.29. The molecule has 2 aromatic heterocycles. The summed E-state index contributed by atoms with van der Waals surface area (Å²) in [5.41, 5.74) is 4.04. The van der Waals surface area contributed by atoms with Gasteiger partial charge < -0.3 is 9.80 Å². The highest BCUT2D eigenvalue weighted by atomic mass is 16.2. The first kappa shape index (κ1) is 21.0. The van der Waals surface area contributed by atoms with E-state index in [0.29, 0.717) is 12.4 Å². The van der Waals surface area contributed by atoms with E-state index in [1.54, 1.807) is 4.68 Å². The molecule has 31 heavy (non-hydrogen) atoms. The molecule has 1 fully saturated rings. The van der Waals surface area contributed by atoms with Crippen molar-refractivity contribution in [1.29, 1.82) is 0 Å². The zero-order valence-electron chi connectivity index (χ0n) is 18.5. The van der Waals surface area contributed by atoms with E-state index in [0.717, 1.165) is 49.0 Å². The molecular formula is C24H30N6O. The van der Waals surface area contributed by atoms with Crippen LogP contribution in [0.1, 0.15) is 43.0 Å². The molecule has 0 aliphatic carbocycles. The van der Waals surface area contributed by atoms with Crippen LogP contribution in [0.3, 0.4) is 0 Å². The summed E-state index contributed by atoms with van der Waals surface area (Å²) in [5, 5.41) is 4.32. The van der Waals surface area contributed by atoms with Crippen LogP contribution in [0.25, 0.3) is 11.1 Å². The quantitative estimate of drug-likeness (QED) is 0.612. The Kier molecular flexibility index (Phi) is 6.30. The Morgan fingerprint density at radius 3 is 2.68 bits per heavy atom. The standard InChI is InChI=1S/C24H30N6O/c1-28(2)24-25-16-20(19-15-26-29(3)17-19)23(27-24)21-11-7-8-14-30(21)22(31)13-12-18-9-5-4-6-10-18/h4-6,9-10,15-17,21H,7-8,11-14H2,1-3H3/t21-/m0/s1. The molecule has 1 aliphatic heterocycles. The van der Waals surface area contributed by atoms with E-state index in [-0.39, 0.29) is 11.9 Å². The van der Waals surface area contributed by atoms with Gasteiger partial charge in [0.1, 0.15) is 0 Å². The van der Waals surface area contributed by atoms with Gasteiger partial charge in [-0.3, -0.25) is 9.48 Å². The van der Waals surface area contributed by atoms with Crippen molar-refractivity contribution in [2.45, 2.75) is 38.1 Å². The number of benzene rings is 1. The minimum Gasteiger partial charge on any atom is -0.347 e. The van der Waals surface area contributed by atoms with E-state index in [2.05, 4.69) is 22.2 Å². The van der Waals surface area contributed by atoms with Gasteiger partial charge in [0, 0.05) is 57.6 Å². The van der Waals surface area contributed by atoms with Crippen molar-refractivity contribution < 1.29 is 4.79 Å².